The molecule has 2 rings (SSSR count). The zero-order valence-corrected chi connectivity index (χ0v) is 11.3. The summed E-state index contributed by atoms with van der Waals surface area (Å²) in [4.78, 5) is 16.9. The number of aliphatic carboxylic acids is 1. The maximum Gasteiger partial charge on any atom is 0.322 e. The number of carboxylic acid groups (broad SMARTS) is 1. The summed E-state index contributed by atoms with van der Waals surface area (Å²) in [5.41, 5.74) is 6.36. The van der Waals surface area contributed by atoms with E-state index in [1.165, 1.54) is 0 Å². The van der Waals surface area contributed by atoms with Crippen LogP contribution in [0.3, 0.4) is 0 Å². The number of ether oxygens (including phenoxy) is 1. The quantitative estimate of drug-likeness (QED) is 0.717. The molecule has 1 atom stereocenters. The number of halogens is 1. The molecule has 4 N–H and O–H groups in total. The maximum absolute atomic E-state index is 11.0. The number of nitrogen functional groups attached to an aromatic ring is 1. The lowest BCUT2D eigenvalue weighted by Crippen LogP contribution is -2.54. The van der Waals surface area contributed by atoms with Gasteiger partial charge in [0.25, 0.3) is 0 Å². The smallest absolute Gasteiger partial charge is 0.322 e. The molecule has 1 aliphatic heterocycles. The molecule has 8 heteroatoms. The van der Waals surface area contributed by atoms with Gasteiger partial charge in [0.2, 0.25) is 0 Å². The number of carbonyl (C=O) groups is 1. The second-order valence-electron chi connectivity index (χ2n) is 4.07. The Labute approximate surface area is 117 Å². The Balaban J connectivity index is 0.00000180. The number of nitrogens with zero attached hydrogens (tertiary/aromatic N) is 2. The molecule has 1 aliphatic rings. The zero-order chi connectivity index (χ0) is 13.1. The number of hydrogen-bond acceptors (Lipinski definition) is 6. The van der Waals surface area contributed by atoms with Crippen LogP contribution >= 0.6 is 12.4 Å². The Morgan fingerprint density at radius 1 is 1.68 bits per heavy atom. The van der Waals surface area contributed by atoms with Gasteiger partial charge in [0.15, 0.2) is 0 Å². The Hall–Kier alpha value is -1.73. The van der Waals surface area contributed by atoms with Crippen LogP contribution in [0.4, 0.5) is 11.5 Å². The van der Waals surface area contributed by atoms with Gasteiger partial charge in [-0.3, -0.25) is 4.79 Å². The van der Waals surface area contributed by atoms with E-state index in [0.29, 0.717) is 31.2 Å². The lowest BCUT2D eigenvalue weighted by molar-refractivity contribution is -0.139. The molecule has 0 unspecified atom stereocenters. The van der Waals surface area contributed by atoms with Gasteiger partial charge in [-0.2, -0.15) is 0 Å². The third-order valence-electron chi connectivity index (χ3n) is 2.90. The maximum atomic E-state index is 11.0. The second-order valence-corrected chi connectivity index (χ2v) is 4.07. The third kappa shape index (κ3) is 3.39. The minimum absolute atomic E-state index is 0. The first-order valence-electron chi connectivity index (χ1n) is 5.62. The van der Waals surface area contributed by atoms with Gasteiger partial charge in [-0.05, 0) is 0 Å². The number of nitrogens with one attached hydrogen (secondary N) is 1. The molecule has 0 bridgehead atoms. The van der Waals surface area contributed by atoms with Crippen LogP contribution in [0.5, 0.6) is 5.75 Å². The molecular formula is C11H17ClN4O3. The van der Waals surface area contributed by atoms with Gasteiger partial charge in [0, 0.05) is 25.7 Å². The molecule has 0 radical (unpaired) electrons. The SMILES string of the molecule is COc1cc(N)ncc1N1CCN[C@@H](C(=O)O)C1.Cl. The minimum Gasteiger partial charge on any atom is -0.494 e. The van der Waals surface area contributed by atoms with Crippen molar-refractivity contribution in [1.82, 2.24) is 10.3 Å². The fourth-order valence-corrected chi connectivity index (χ4v) is 1.98. The average Bonchev–Trinajstić information content (AvgIpc) is 2.38. The van der Waals surface area contributed by atoms with Gasteiger partial charge in [-0.25, -0.2) is 4.98 Å². The largest absolute Gasteiger partial charge is 0.494 e. The molecule has 1 aromatic heterocycles. The van der Waals surface area contributed by atoms with Crippen molar-refractivity contribution >= 4 is 29.9 Å². The van der Waals surface area contributed by atoms with Gasteiger partial charge in [-0.15, -0.1) is 12.4 Å². The molecule has 0 saturated carbocycles. The molecule has 19 heavy (non-hydrogen) atoms. The van der Waals surface area contributed by atoms with Gasteiger partial charge in [-0.1, -0.05) is 0 Å². The summed E-state index contributed by atoms with van der Waals surface area (Å²) < 4.78 is 5.25. The molecular weight excluding hydrogens is 272 g/mol. The van der Waals surface area contributed by atoms with E-state index in [9.17, 15) is 4.79 Å². The van der Waals surface area contributed by atoms with E-state index in [0.717, 1.165) is 5.69 Å². The van der Waals surface area contributed by atoms with Crippen LogP contribution in [0.1, 0.15) is 0 Å². The lowest BCUT2D eigenvalue weighted by Gasteiger charge is -2.33. The number of aromatic nitrogens is 1. The minimum atomic E-state index is -0.859. The highest BCUT2D eigenvalue weighted by atomic mass is 35.5. The fourth-order valence-electron chi connectivity index (χ4n) is 1.98. The van der Waals surface area contributed by atoms with E-state index < -0.39 is 12.0 Å². The highest BCUT2D eigenvalue weighted by Gasteiger charge is 2.26. The summed E-state index contributed by atoms with van der Waals surface area (Å²) in [6.45, 7) is 1.67. The van der Waals surface area contributed by atoms with Gasteiger partial charge in [0.1, 0.15) is 17.6 Å². The number of hydrogen-bond donors (Lipinski definition) is 3. The normalized spacial score (nSPS) is 18.6. The number of anilines is 2. The molecule has 2 heterocycles. The van der Waals surface area contributed by atoms with Crippen LogP contribution in [-0.2, 0) is 4.79 Å². The summed E-state index contributed by atoms with van der Waals surface area (Å²) >= 11 is 0. The Morgan fingerprint density at radius 3 is 3.05 bits per heavy atom. The first-order valence-corrected chi connectivity index (χ1v) is 5.62. The molecule has 1 fully saturated rings. The zero-order valence-electron chi connectivity index (χ0n) is 10.5. The van der Waals surface area contributed by atoms with E-state index in [4.69, 9.17) is 15.6 Å². The molecule has 0 aromatic carbocycles. The van der Waals surface area contributed by atoms with Crippen LogP contribution in [0, 0.1) is 0 Å². The Bertz CT molecular complexity index is 458. The standard InChI is InChI=1S/C11H16N4O3.ClH/c1-18-9-4-10(12)14-5-8(9)15-3-2-13-7(6-15)11(16)17;/h4-5,7,13H,2-3,6H2,1H3,(H2,12,14)(H,16,17);1H/t7-;/m1./s1. The van der Waals surface area contributed by atoms with Crippen molar-refractivity contribution in [3.63, 3.8) is 0 Å². The lowest BCUT2D eigenvalue weighted by atomic mass is 10.2. The first kappa shape index (κ1) is 15.3. The number of nitrogens with two attached hydrogens (primary N) is 1. The number of piperazine rings is 1. The van der Waals surface area contributed by atoms with Crippen molar-refractivity contribution in [2.45, 2.75) is 6.04 Å². The molecule has 0 amide bonds. The predicted octanol–water partition coefficient (Wildman–Crippen LogP) is -0.0430. The highest BCUT2D eigenvalue weighted by Crippen LogP contribution is 2.29. The molecule has 7 nitrogen and oxygen atoms in total. The number of carboxylic acids is 1. The molecule has 1 saturated heterocycles. The topological polar surface area (TPSA) is 101 Å². The van der Waals surface area contributed by atoms with Crippen molar-refractivity contribution in [1.29, 1.82) is 0 Å². The van der Waals surface area contributed by atoms with E-state index in [1.807, 2.05) is 4.90 Å². The van der Waals surface area contributed by atoms with E-state index >= 15 is 0 Å². The predicted molar refractivity (Wildman–Crippen MR) is 74.1 cm³/mol. The fraction of sp³-hybridized carbons (Fsp3) is 0.455. The number of pyridine rings is 1. The first-order chi connectivity index (χ1) is 8.61. The molecule has 0 aliphatic carbocycles. The van der Waals surface area contributed by atoms with Crippen molar-refractivity contribution in [2.75, 3.05) is 37.4 Å². The van der Waals surface area contributed by atoms with E-state index in [-0.39, 0.29) is 12.4 Å². The summed E-state index contributed by atoms with van der Waals surface area (Å²) in [7, 11) is 1.55. The van der Waals surface area contributed by atoms with E-state index in [1.54, 1.807) is 19.4 Å². The Morgan fingerprint density at radius 2 is 2.42 bits per heavy atom. The van der Waals surface area contributed by atoms with Crippen LogP contribution < -0.4 is 20.7 Å². The Kier molecular flexibility index (Phi) is 5.20. The summed E-state index contributed by atoms with van der Waals surface area (Å²) in [6, 6.07) is 1.05. The van der Waals surface area contributed by atoms with Crippen molar-refractivity contribution in [3.8, 4) is 5.75 Å². The van der Waals surface area contributed by atoms with E-state index in [2.05, 4.69) is 10.3 Å². The monoisotopic (exact) mass is 288 g/mol. The molecule has 106 valence electrons. The molecule has 1 aromatic rings. The van der Waals surface area contributed by atoms with Crippen LogP contribution in [0.25, 0.3) is 0 Å². The molecule has 0 spiro atoms. The van der Waals surface area contributed by atoms with Crippen molar-refractivity contribution in [2.24, 2.45) is 0 Å². The number of methoxy groups -OCH3 is 1. The second kappa shape index (κ2) is 6.44. The third-order valence-corrected chi connectivity index (χ3v) is 2.90. The van der Waals surface area contributed by atoms with Gasteiger partial charge >= 0.3 is 5.97 Å². The van der Waals surface area contributed by atoms with Gasteiger partial charge in [0.05, 0.1) is 19.0 Å². The average molecular weight is 289 g/mol. The summed E-state index contributed by atoms with van der Waals surface area (Å²) in [5, 5.41) is 12.0. The van der Waals surface area contributed by atoms with Crippen LogP contribution in [0.15, 0.2) is 12.3 Å². The highest BCUT2D eigenvalue weighted by molar-refractivity contribution is 5.85. The number of rotatable bonds is 3. The van der Waals surface area contributed by atoms with Crippen LogP contribution in [0.2, 0.25) is 0 Å². The van der Waals surface area contributed by atoms with Gasteiger partial charge < -0.3 is 25.8 Å². The van der Waals surface area contributed by atoms with Crippen molar-refractivity contribution < 1.29 is 14.6 Å². The van der Waals surface area contributed by atoms with Crippen LogP contribution in [-0.4, -0.2) is 48.8 Å². The summed E-state index contributed by atoms with van der Waals surface area (Å²) in [6.07, 6.45) is 1.61. The van der Waals surface area contributed by atoms with Crippen molar-refractivity contribution in [3.05, 3.63) is 12.3 Å². The summed E-state index contributed by atoms with van der Waals surface area (Å²) in [5.74, 6) is 0.121.